The summed E-state index contributed by atoms with van der Waals surface area (Å²) in [5.74, 6) is 1.21. The molecule has 2 saturated heterocycles. The number of benzene rings is 4. The maximum absolute atomic E-state index is 13.0. The van der Waals surface area contributed by atoms with Gasteiger partial charge in [0.1, 0.15) is 23.7 Å². The molecule has 0 bridgehead atoms. The van der Waals surface area contributed by atoms with E-state index in [1.54, 1.807) is 24.3 Å². The number of hydrogen-bond acceptors (Lipinski definition) is 9. The van der Waals surface area contributed by atoms with Crippen LogP contribution in [0.25, 0.3) is 0 Å². The van der Waals surface area contributed by atoms with Crippen LogP contribution in [0.4, 0.5) is 64.1 Å². The molecule has 22 heteroatoms. The second-order valence-electron chi connectivity index (χ2n) is 15.3. The van der Waals surface area contributed by atoms with Crippen LogP contribution in [0, 0.1) is 10.1 Å². The number of hydrogen-bond donors (Lipinski definition) is 3. The summed E-state index contributed by atoms with van der Waals surface area (Å²) in [4.78, 5) is 14.2. The van der Waals surface area contributed by atoms with Crippen molar-refractivity contribution in [1.82, 2.24) is 9.80 Å². The Balaban J connectivity index is 0.000000241. The van der Waals surface area contributed by atoms with Crippen LogP contribution in [0.3, 0.4) is 0 Å². The van der Waals surface area contributed by atoms with Gasteiger partial charge in [-0.05, 0) is 73.2 Å². The third-order valence-corrected chi connectivity index (χ3v) is 10.8. The topological polar surface area (TPSA) is 135 Å². The lowest BCUT2D eigenvalue weighted by Gasteiger charge is -2.33. The number of anilines is 1. The first-order valence-corrected chi connectivity index (χ1v) is 19.5. The molecule has 4 aromatic rings. The number of alkyl halides is 12. The zero-order valence-electron chi connectivity index (χ0n) is 33.4. The average Bonchev–Trinajstić information content (AvgIpc) is 3.22. The number of piperidine rings is 2. The fourth-order valence-electron chi connectivity index (χ4n) is 7.14. The number of nitrogen functional groups attached to an aromatic ring is 1. The molecule has 4 N–H and O–H groups in total. The van der Waals surface area contributed by atoms with Crippen LogP contribution in [0.1, 0.15) is 47.9 Å². The molecular formula is C42H42F12N4O6. The van der Waals surface area contributed by atoms with Gasteiger partial charge in [0.15, 0.2) is 0 Å². The molecule has 0 amide bonds. The van der Waals surface area contributed by atoms with E-state index in [1.807, 2.05) is 9.80 Å². The Morgan fingerprint density at radius 2 is 0.828 bits per heavy atom. The van der Waals surface area contributed by atoms with Crippen molar-refractivity contribution in [2.24, 2.45) is 0 Å². The molecule has 2 aliphatic heterocycles. The Bertz CT molecular complexity index is 2090. The van der Waals surface area contributed by atoms with Crippen LogP contribution < -0.4 is 15.2 Å². The van der Waals surface area contributed by atoms with Crippen LogP contribution in [0.5, 0.6) is 11.5 Å². The number of likely N-dealkylation sites (tertiary alicyclic amines) is 2. The molecule has 0 aromatic heterocycles. The summed E-state index contributed by atoms with van der Waals surface area (Å²) in [6.45, 7) is 3.15. The number of aliphatic hydroxyl groups is 2. The number of ether oxygens (including phenoxy) is 2. The fraction of sp³-hybridized carbons (Fsp3) is 0.429. The summed E-state index contributed by atoms with van der Waals surface area (Å²) in [7, 11) is 0. The number of halogens is 12. The van der Waals surface area contributed by atoms with Gasteiger partial charge in [-0.1, -0.05) is 48.5 Å². The van der Waals surface area contributed by atoms with E-state index >= 15 is 0 Å². The highest BCUT2D eigenvalue weighted by Crippen LogP contribution is 2.51. The molecule has 2 heterocycles. The predicted molar refractivity (Wildman–Crippen MR) is 207 cm³/mol. The SMILES string of the molecule is Nc1ccc(OC2CCN(Cc3ccc(C(O)(C(F)(F)F)C(F)(F)F)cc3)CC2)cc1.O=[N+]([O-])c1ccc(OC2CCN(Cc3ccc(C(O)(C(F)(F)F)C(F)(F)F)cc3)CC2)cc1. The van der Waals surface area contributed by atoms with Gasteiger partial charge in [0.2, 0.25) is 0 Å². The Kier molecular flexibility index (Phi) is 15.1. The van der Waals surface area contributed by atoms with E-state index in [0.29, 0.717) is 105 Å². The molecule has 0 unspecified atom stereocenters. The first-order chi connectivity index (χ1) is 29.7. The molecule has 0 radical (unpaired) electrons. The van der Waals surface area contributed by atoms with Gasteiger partial charge in [-0.15, -0.1) is 0 Å². The molecule has 0 saturated carbocycles. The standard InChI is InChI=1S/C21H20F6N2O4.C21H22F6N2O2/c22-20(23,24)19(30,21(25,26)27)15-3-1-14(2-4-15)13-28-11-9-18(10-12-28)33-17-7-5-16(6-8-17)29(31)32;22-20(23,24)19(30,21(25,26)27)15-3-1-14(2-4-15)13-29-11-9-18(10-12-29)31-17-7-5-16(28)6-8-17/h1-8,18,30H,9-13H2;1-8,18,30H,9-13,28H2. The summed E-state index contributed by atoms with van der Waals surface area (Å²) < 4.78 is 167. The molecule has 350 valence electrons. The average molecular weight is 927 g/mol. The van der Waals surface area contributed by atoms with Crippen molar-refractivity contribution in [2.75, 3.05) is 31.9 Å². The highest BCUT2D eigenvalue weighted by Gasteiger charge is 2.72. The van der Waals surface area contributed by atoms with Gasteiger partial charge in [0.05, 0.1) is 4.92 Å². The second kappa shape index (κ2) is 19.4. The quantitative estimate of drug-likeness (QED) is 0.0582. The summed E-state index contributed by atoms with van der Waals surface area (Å²) in [6, 6.07) is 20.0. The van der Waals surface area contributed by atoms with Crippen molar-refractivity contribution in [3.05, 3.63) is 129 Å². The first kappa shape index (κ1) is 49.7. The van der Waals surface area contributed by atoms with Crippen molar-refractivity contribution >= 4 is 11.4 Å². The second-order valence-corrected chi connectivity index (χ2v) is 15.3. The third-order valence-electron chi connectivity index (χ3n) is 10.8. The molecule has 4 aromatic carbocycles. The van der Waals surface area contributed by atoms with Crippen molar-refractivity contribution in [1.29, 1.82) is 0 Å². The monoisotopic (exact) mass is 926 g/mol. The van der Waals surface area contributed by atoms with E-state index in [0.717, 1.165) is 25.0 Å². The summed E-state index contributed by atoms with van der Waals surface area (Å²) in [5, 5.41) is 29.6. The molecule has 10 nitrogen and oxygen atoms in total. The molecule has 6 rings (SSSR count). The minimum atomic E-state index is -5.92. The maximum atomic E-state index is 13.0. The van der Waals surface area contributed by atoms with E-state index in [2.05, 4.69) is 0 Å². The summed E-state index contributed by atoms with van der Waals surface area (Å²) >= 11 is 0. The van der Waals surface area contributed by atoms with Gasteiger partial charge in [-0.25, -0.2) is 0 Å². The molecule has 0 atom stereocenters. The van der Waals surface area contributed by atoms with Gasteiger partial charge >= 0.3 is 24.7 Å². The number of nitrogens with zero attached hydrogens (tertiary/aromatic N) is 3. The largest absolute Gasteiger partial charge is 0.490 e. The number of nitrogens with two attached hydrogens (primary N) is 1. The Morgan fingerprint density at radius 1 is 0.531 bits per heavy atom. The Hall–Kier alpha value is -5.32. The van der Waals surface area contributed by atoms with Gasteiger partial charge in [0, 0.05) is 68.2 Å². The third kappa shape index (κ3) is 11.7. The molecule has 64 heavy (non-hydrogen) atoms. The van der Waals surface area contributed by atoms with Crippen LogP contribution >= 0.6 is 0 Å². The normalized spacial score (nSPS) is 16.8. The fourth-order valence-corrected chi connectivity index (χ4v) is 7.14. The smallest absolute Gasteiger partial charge is 0.430 e. The summed E-state index contributed by atoms with van der Waals surface area (Å²) in [6.07, 6.45) is -21.0. The zero-order valence-corrected chi connectivity index (χ0v) is 33.4. The van der Waals surface area contributed by atoms with Gasteiger partial charge in [0.25, 0.3) is 16.9 Å². The molecule has 0 spiro atoms. The minimum Gasteiger partial charge on any atom is -0.490 e. The first-order valence-electron chi connectivity index (χ1n) is 19.5. The van der Waals surface area contributed by atoms with Gasteiger partial charge in [-0.2, -0.15) is 52.7 Å². The van der Waals surface area contributed by atoms with E-state index in [-0.39, 0.29) is 17.9 Å². The lowest BCUT2D eigenvalue weighted by molar-refractivity contribution is -0.384. The van der Waals surface area contributed by atoms with E-state index in [1.165, 1.54) is 36.4 Å². The van der Waals surface area contributed by atoms with Gasteiger partial charge in [-0.3, -0.25) is 19.9 Å². The van der Waals surface area contributed by atoms with Gasteiger partial charge < -0.3 is 25.4 Å². The predicted octanol–water partition coefficient (Wildman–Crippen LogP) is 9.57. The van der Waals surface area contributed by atoms with Crippen LogP contribution in [0.15, 0.2) is 97.1 Å². The van der Waals surface area contributed by atoms with Crippen molar-refractivity contribution in [3.8, 4) is 11.5 Å². The number of rotatable bonds is 11. The van der Waals surface area contributed by atoms with Crippen LogP contribution in [-0.2, 0) is 24.3 Å². The molecule has 2 aliphatic rings. The highest BCUT2D eigenvalue weighted by molar-refractivity contribution is 5.41. The molecule has 2 fully saturated rings. The van der Waals surface area contributed by atoms with E-state index < -0.39 is 52.0 Å². The van der Waals surface area contributed by atoms with Crippen LogP contribution in [0.2, 0.25) is 0 Å². The Labute approximate surface area is 357 Å². The van der Waals surface area contributed by atoms with Crippen molar-refractivity contribution < 1.29 is 77.3 Å². The number of non-ortho nitro benzene ring substituents is 1. The number of nitro groups is 1. The lowest BCUT2D eigenvalue weighted by atomic mass is 9.91. The van der Waals surface area contributed by atoms with E-state index in [9.17, 15) is 73.0 Å². The highest BCUT2D eigenvalue weighted by atomic mass is 19.4. The maximum Gasteiger partial charge on any atom is 0.430 e. The zero-order chi connectivity index (χ0) is 47.3. The van der Waals surface area contributed by atoms with E-state index in [4.69, 9.17) is 15.2 Å². The Morgan fingerprint density at radius 3 is 1.11 bits per heavy atom. The van der Waals surface area contributed by atoms with Crippen LogP contribution in [-0.4, -0.2) is 88.0 Å². The molecular weight excluding hydrogens is 884 g/mol. The lowest BCUT2D eigenvalue weighted by Crippen LogP contribution is -2.53. The van der Waals surface area contributed by atoms with Crippen molar-refractivity contribution in [3.63, 3.8) is 0 Å². The minimum absolute atomic E-state index is 0.0100. The molecule has 0 aliphatic carbocycles. The summed E-state index contributed by atoms with van der Waals surface area (Å²) in [5.41, 5.74) is -5.12. The number of nitro benzene ring substituents is 1. The van der Waals surface area contributed by atoms with Crippen molar-refractivity contribution in [2.45, 2.75) is 86.9 Å².